The lowest BCUT2D eigenvalue weighted by Gasteiger charge is -2.31. The average molecular weight is 299 g/mol. The van der Waals surface area contributed by atoms with Gasteiger partial charge in [-0.25, -0.2) is 0 Å². The molecule has 5 heteroatoms. The van der Waals surface area contributed by atoms with E-state index in [0.29, 0.717) is 19.5 Å². The zero-order valence-electron chi connectivity index (χ0n) is 12.6. The second-order valence-corrected chi connectivity index (χ2v) is 5.90. The molecule has 0 bridgehead atoms. The molecule has 1 atom stereocenters. The van der Waals surface area contributed by atoms with Crippen molar-refractivity contribution in [1.29, 1.82) is 0 Å². The van der Waals surface area contributed by atoms with Crippen LogP contribution < -0.4 is 5.73 Å². The van der Waals surface area contributed by atoms with Gasteiger partial charge in [0.15, 0.2) is 0 Å². The first-order chi connectivity index (χ1) is 10.6. The summed E-state index contributed by atoms with van der Waals surface area (Å²) in [4.78, 5) is 25.4. The minimum Gasteiger partial charge on any atom is -0.369 e. The van der Waals surface area contributed by atoms with E-state index in [1.54, 1.807) is 4.90 Å². The van der Waals surface area contributed by atoms with Gasteiger partial charge in [0.1, 0.15) is 0 Å². The van der Waals surface area contributed by atoms with Gasteiger partial charge in [0.05, 0.1) is 5.92 Å². The van der Waals surface area contributed by atoms with E-state index in [9.17, 15) is 9.59 Å². The molecule has 2 amide bonds. The maximum absolute atomic E-state index is 12.4. The van der Waals surface area contributed by atoms with Crippen molar-refractivity contribution in [2.75, 3.05) is 13.1 Å². The molecule has 1 aliphatic heterocycles. The summed E-state index contributed by atoms with van der Waals surface area (Å²) in [5, 5.41) is 1.18. The van der Waals surface area contributed by atoms with Crippen molar-refractivity contribution in [2.45, 2.75) is 25.8 Å². The zero-order valence-corrected chi connectivity index (χ0v) is 12.6. The number of hydrogen-bond acceptors (Lipinski definition) is 2. The van der Waals surface area contributed by atoms with Gasteiger partial charge in [-0.1, -0.05) is 18.2 Å². The van der Waals surface area contributed by atoms with Gasteiger partial charge in [0, 0.05) is 37.8 Å². The molecule has 1 aliphatic rings. The minimum absolute atomic E-state index is 0.101. The van der Waals surface area contributed by atoms with E-state index < -0.39 is 0 Å². The number of carbonyl (C=O) groups excluding carboxylic acids is 2. The fourth-order valence-electron chi connectivity index (χ4n) is 3.15. The van der Waals surface area contributed by atoms with Crippen LogP contribution in [-0.4, -0.2) is 34.4 Å². The fourth-order valence-corrected chi connectivity index (χ4v) is 3.15. The molecule has 0 unspecified atom stereocenters. The lowest BCUT2D eigenvalue weighted by molar-refractivity contribution is -0.135. The van der Waals surface area contributed by atoms with Crippen molar-refractivity contribution in [2.24, 2.45) is 11.7 Å². The van der Waals surface area contributed by atoms with Crippen LogP contribution in [0, 0.1) is 5.92 Å². The number of benzene rings is 1. The number of rotatable bonds is 4. The normalized spacial score (nSPS) is 18.5. The number of amides is 2. The van der Waals surface area contributed by atoms with Gasteiger partial charge in [-0.2, -0.15) is 0 Å². The van der Waals surface area contributed by atoms with Crippen LogP contribution >= 0.6 is 0 Å². The van der Waals surface area contributed by atoms with Gasteiger partial charge in [-0.15, -0.1) is 0 Å². The van der Waals surface area contributed by atoms with Gasteiger partial charge in [0.25, 0.3) is 0 Å². The number of para-hydroxylation sites is 1. The third kappa shape index (κ3) is 2.98. The number of nitrogens with zero attached hydrogens (tertiary/aromatic N) is 2. The fraction of sp³-hybridized carbons (Fsp3) is 0.412. The number of aromatic nitrogens is 1. The molecule has 5 nitrogen and oxygen atoms in total. The van der Waals surface area contributed by atoms with Crippen molar-refractivity contribution < 1.29 is 9.59 Å². The second kappa shape index (κ2) is 6.22. The average Bonchev–Trinajstić information content (AvgIpc) is 2.96. The van der Waals surface area contributed by atoms with Gasteiger partial charge in [-0.3, -0.25) is 9.59 Å². The Bertz CT molecular complexity index is 692. The van der Waals surface area contributed by atoms with Crippen LogP contribution in [-0.2, 0) is 16.1 Å². The van der Waals surface area contributed by atoms with E-state index in [1.807, 2.05) is 18.3 Å². The Morgan fingerprint density at radius 1 is 1.23 bits per heavy atom. The van der Waals surface area contributed by atoms with Gasteiger partial charge < -0.3 is 15.2 Å². The van der Waals surface area contributed by atoms with Crippen molar-refractivity contribution in [3.05, 3.63) is 36.5 Å². The molecule has 116 valence electrons. The third-order valence-corrected chi connectivity index (χ3v) is 4.42. The topological polar surface area (TPSA) is 68.3 Å². The lowest BCUT2D eigenvalue weighted by Crippen LogP contribution is -2.44. The first kappa shape index (κ1) is 14.6. The molecular weight excluding hydrogens is 278 g/mol. The Labute approximate surface area is 129 Å². The molecule has 2 heterocycles. The van der Waals surface area contributed by atoms with Crippen molar-refractivity contribution in [1.82, 2.24) is 9.47 Å². The lowest BCUT2D eigenvalue weighted by atomic mass is 9.97. The van der Waals surface area contributed by atoms with Gasteiger partial charge in [-0.05, 0) is 30.4 Å². The zero-order chi connectivity index (χ0) is 15.5. The third-order valence-electron chi connectivity index (χ3n) is 4.42. The summed E-state index contributed by atoms with van der Waals surface area (Å²) in [7, 11) is 0. The van der Waals surface area contributed by atoms with Gasteiger partial charge in [0.2, 0.25) is 11.8 Å². The minimum atomic E-state index is -0.297. The second-order valence-electron chi connectivity index (χ2n) is 5.90. The van der Waals surface area contributed by atoms with E-state index in [4.69, 9.17) is 5.73 Å². The maximum Gasteiger partial charge on any atom is 0.224 e. The number of piperidine rings is 1. The van der Waals surface area contributed by atoms with Crippen LogP contribution in [0.1, 0.15) is 19.3 Å². The Morgan fingerprint density at radius 3 is 2.86 bits per heavy atom. The van der Waals surface area contributed by atoms with E-state index in [-0.39, 0.29) is 17.7 Å². The predicted octanol–water partition coefficient (Wildman–Crippen LogP) is 1.76. The van der Waals surface area contributed by atoms with Crippen LogP contribution in [0.4, 0.5) is 0 Å². The predicted molar refractivity (Wildman–Crippen MR) is 85.1 cm³/mol. The number of likely N-dealkylation sites (tertiary alicyclic amines) is 1. The number of nitrogens with two attached hydrogens (primary N) is 1. The van der Waals surface area contributed by atoms with Crippen molar-refractivity contribution in [3.63, 3.8) is 0 Å². The quantitative estimate of drug-likeness (QED) is 0.934. The Kier molecular flexibility index (Phi) is 4.13. The van der Waals surface area contributed by atoms with Crippen LogP contribution in [0.3, 0.4) is 0 Å². The standard InChI is InChI=1S/C17H21N3O2/c18-17(22)14-5-3-9-20(12-14)16(21)8-11-19-10-7-13-4-1-2-6-15(13)19/h1-2,4,6-7,10,14H,3,5,8-9,11-12H2,(H2,18,22)/t14-/m1/s1. The number of primary amides is 1. The molecule has 1 aromatic heterocycles. The molecule has 0 aliphatic carbocycles. The highest BCUT2D eigenvalue weighted by Gasteiger charge is 2.26. The first-order valence-electron chi connectivity index (χ1n) is 7.76. The Balaban J connectivity index is 1.61. The van der Waals surface area contributed by atoms with Crippen LogP contribution in [0.25, 0.3) is 10.9 Å². The van der Waals surface area contributed by atoms with Crippen LogP contribution in [0.2, 0.25) is 0 Å². The molecule has 2 aromatic rings. The summed E-state index contributed by atoms with van der Waals surface area (Å²) >= 11 is 0. The molecule has 0 spiro atoms. The summed E-state index contributed by atoms with van der Waals surface area (Å²) < 4.78 is 2.10. The van der Waals surface area contributed by atoms with Crippen LogP contribution in [0.5, 0.6) is 0 Å². The Morgan fingerprint density at radius 2 is 2.05 bits per heavy atom. The highest BCUT2D eigenvalue weighted by Crippen LogP contribution is 2.18. The van der Waals surface area contributed by atoms with E-state index >= 15 is 0 Å². The Hall–Kier alpha value is -2.30. The highest BCUT2D eigenvalue weighted by atomic mass is 16.2. The van der Waals surface area contributed by atoms with E-state index in [0.717, 1.165) is 24.9 Å². The number of carbonyl (C=O) groups is 2. The summed E-state index contributed by atoms with van der Waals surface area (Å²) in [5.74, 6) is -0.386. The number of aryl methyl sites for hydroxylation is 1. The summed E-state index contributed by atoms with van der Waals surface area (Å²) in [5.41, 5.74) is 6.50. The summed E-state index contributed by atoms with van der Waals surface area (Å²) in [6, 6.07) is 10.2. The van der Waals surface area contributed by atoms with E-state index in [2.05, 4.69) is 22.8 Å². The number of fused-ring (bicyclic) bond motifs is 1. The largest absolute Gasteiger partial charge is 0.369 e. The first-order valence-corrected chi connectivity index (χ1v) is 7.76. The molecule has 22 heavy (non-hydrogen) atoms. The van der Waals surface area contributed by atoms with Gasteiger partial charge >= 0.3 is 0 Å². The molecule has 0 saturated carbocycles. The smallest absolute Gasteiger partial charge is 0.224 e. The van der Waals surface area contributed by atoms with Crippen LogP contribution in [0.15, 0.2) is 36.5 Å². The molecule has 2 N–H and O–H groups in total. The molecule has 1 fully saturated rings. The maximum atomic E-state index is 12.4. The number of hydrogen-bond donors (Lipinski definition) is 1. The highest BCUT2D eigenvalue weighted by molar-refractivity contribution is 5.81. The summed E-state index contributed by atoms with van der Waals surface area (Å²) in [6.45, 7) is 1.86. The molecule has 3 rings (SSSR count). The summed E-state index contributed by atoms with van der Waals surface area (Å²) in [6.07, 6.45) is 4.11. The van der Waals surface area contributed by atoms with Crippen molar-refractivity contribution in [3.8, 4) is 0 Å². The molecule has 1 aromatic carbocycles. The monoisotopic (exact) mass is 299 g/mol. The molecular formula is C17H21N3O2. The molecule has 0 radical (unpaired) electrons. The SMILES string of the molecule is NC(=O)[C@@H]1CCCN(C(=O)CCn2ccc3ccccc32)C1. The molecule has 1 saturated heterocycles. The van der Waals surface area contributed by atoms with Crippen molar-refractivity contribution >= 4 is 22.7 Å². The van der Waals surface area contributed by atoms with E-state index in [1.165, 1.54) is 5.39 Å².